The third-order valence-electron chi connectivity index (χ3n) is 2.71. The maximum Gasteiger partial charge on any atom is 0.125 e. The van der Waals surface area contributed by atoms with Gasteiger partial charge in [-0.05, 0) is 35.0 Å². The zero-order valence-electron chi connectivity index (χ0n) is 23.6. The molecule has 0 saturated heterocycles. The van der Waals surface area contributed by atoms with Crippen molar-refractivity contribution >= 4 is 62.9 Å². The second-order valence-corrected chi connectivity index (χ2v) is 32.4. The van der Waals surface area contributed by atoms with Crippen LogP contribution in [0.2, 0.25) is 0 Å². The minimum absolute atomic E-state index is 0.310. The molecule has 0 fully saturated rings. The molecule has 9 nitrogen and oxygen atoms in total. The summed E-state index contributed by atoms with van der Waals surface area (Å²) in [6.07, 6.45) is 0. The Hall–Kier alpha value is -0.280. The van der Waals surface area contributed by atoms with Crippen LogP contribution in [0.3, 0.4) is 0 Å². The highest BCUT2D eigenvalue weighted by Crippen LogP contribution is 2.41. The molecular formula is C22H41O9P3S3. The highest BCUT2D eigenvalue weighted by molar-refractivity contribution is 7.87. The van der Waals surface area contributed by atoms with Crippen LogP contribution in [0.15, 0.2) is 45.0 Å². The zero-order valence-corrected chi connectivity index (χ0v) is 28.8. The number of rotatable bonds is 3. The summed E-state index contributed by atoms with van der Waals surface area (Å²) < 4.78 is 99.3. The molecule has 0 saturated carbocycles. The van der Waals surface area contributed by atoms with E-state index in [1.54, 1.807) is 0 Å². The summed E-state index contributed by atoms with van der Waals surface area (Å²) in [5.74, 6) is 0. The Balaban J connectivity index is 0. The second-order valence-electron chi connectivity index (χ2n) is 12.2. The molecule has 0 spiro atoms. The highest BCUT2D eigenvalue weighted by Gasteiger charge is 2.14. The molecule has 0 atom stereocenters. The van der Waals surface area contributed by atoms with Crippen molar-refractivity contribution in [3.63, 3.8) is 0 Å². The number of benzene rings is 2. The molecule has 2 aromatic carbocycles. The fraction of sp³-hybridized carbons (Fsp3) is 0.545. The quantitative estimate of drug-likeness (QED) is 0.354. The molecule has 0 N–H and O–H groups in total. The molecule has 0 amide bonds. The van der Waals surface area contributed by atoms with Gasteiger partial charge in [0.1, 0.15) is 30.4 Å². The Bertz CT molecular complexity index is 1310. The summed E-state index contributed by atoms with van der Waals surface area (Å²) in [5.41, 5.74) is 0. The topological polar surface area (TPSA) is 172 Å². The summed E-state index contributed by atoms with van der Waals surface area (Å²) >= 11 is 0. The molecule has 0 aliphatic heterocycles. The summed E-state index contributed by atoms with van der Waals surface area (Å²) in [6.45, 7) is 27.6. The van der Waals surface area contributed by atoms with E-state index in [-0.39, 0.29) is 32.6 Å². The first kappa shape index (κ1) is 38.9. The predicted octanol–water partition coefficient (Wildman–Crippen LogP) is 4.12. The van der Waals surface area contributed by atoms with Gasteiger partial charge in [-0.25, -0.2) is 25.3 Å². The van der Waals surface area contributed by atoms with Crippen molar-refractivity contribution < 1.29 is 38.9 Å². The Labute approximate surface area is 226 Å². The molecular weight excluding hydrogens is 597 g/mol. The summed E-state index contributed by atoms with van der Waals surface area (Å²) in [4.78, 5) is -2.81. The van der Waals surface area contributed by atoms with Gasteiger partial charge in [0.15, 0.2) is 0 Å². The third-order valence-corrected chi connectivity index (χ3v) is 5.23. The number of fused-ring (bicyclic) bond motifs is 1. The average molecular weight is 639 g/mol. The maximum absolute atomic E-state index is 11.2. The van der Waals surface area contributed by atoms with E-state index in [9.17, 15) is 38.9 Å². The first-order valence-electron chi connectivity index (χ1n) is 10.6. The van der Waals surface area contributed by atoms with Crippen LogP contribution in [0.25, 0.3) is 10.8 Å². The Morgan fingerprint density at radius 3 is 1.05 bits per heavy atom. The molecule has 2 aromatic rings. The van der Waals surface area contributed by atoms with Crippen LogP contribution >= 0.6 is 21.8 Å². The molecule has 216 valence electrons. The van der Waals surface area contributed by atoms with Crippen molar-refractivity contribution in [1.82, 2.24) is 0 Å². The minimum atomic E-state index is -5.14. The van der Waals surface area contributed by atoms with Crippen molar-refractivity contribution in [2.45, 2.75) is 14.7 Å². The van der Waals surface area contributed by atoms with Crippen molar-refractivity contribution in [3.8, 4) is 0 Å². The summed E-state index contributed by atoms with van der Waals surface area (Å²) in [5, 5.41) is -0.668. The largest absolute Gasteiger partial charge is 0.744 e. The van der Waals surface area contributed by atoms with Gasteiger partial charge in [-0.1, -0.05) is 6.07 Å². The van der Waals surface area contributed by atoms with Crippen molar-refractivity contribution in [2.75, 3.05) is 80.0 Å². The van der Waals surface area contributed by atoms with Crippen LogP contribution in [0.1, 0.15) is 0 Å². The zero-order chi connectivity index (χ0) is 30.4. The molecule has 0 heterocycles. The van der Waals surface area contributed by atoms with Crippen molar-refractivity contribution in [3.05, 3.63) is 30.3 Å². The lowest BCUT2D eigenvalue weighted by molar-refractivity contribution is 0.460. The van der Waals surface area contributed by atoms with Gasteiger partial charge in [-0.3, -0.25) is 0 Å². The molecule has 0 radical (unpaired) electrons. The molecule has 0 aromatic heterocycles. The van der Waals surface area contributed by atoms with E-state index in [0.717, 1.165) is 12.1 Å². The Morgan fingerprint density at radius 2 is 0.784 bits per heavy atom. The van der Waals surface area contributed by atoms with Gasteiger partial charge in [-0.15, -0.1) is 0 Å². The van der Waals surface area contributed by atoms with Gasteiger partial charge in [0, 0.05) is 102 Å². The van der Waals surface area contributed by atoms with Crippen molar-refractivity contribution in [1.29, 1.82) is 0 Å². The molecule has 2 rings (SSSR count). The fourth-order valence-electron chi connectivity index (χ4n) is 1.79. The van der Waals surface area contributed by atoms with Crippen molar-refractivity contribution in [2.24, 2.45) is 0 Å². The van der Waals surface area contributed by atoms with E-state index in [2.05, 4.69) is 80.0 Å². The normalized spacial score (nSPS) is 12.8. The van der Waals surface area contributed by atoms with Gasteiger partial charge in [0.25, 0.3) is 0 Å². The van der Waals surface area contributed by atoms with E-state index in [1.807, 2.05) is 0 Å². The lowest BCUT2D eigenvalue weighted by Gasteiger charge is -2.16. The SMILES string of the molecule is C[P+](C)(C)C.C[P+](C)(C)C.C[P+](C)(C)C.O=S(=O)([O-])c1ccc2c(S(=O)(=O)[O-])cc(S(=O)(=O)[O-])cc2c1. The Morgan fingerprint density at radius 1 is 0.486 bits per heavy atom. The lowest BCUT2D eigenvalue weighted by atomic mass is 10.1. The molecule has 0 unspecified atom stereocenters. The van der Waals surface area contributed by atoms with E-state index in [4.69, 9.17) is 0 Å². The molecule has 37 heavy (non-hydrogen) atoms. The highest BCUT2D eigenvalue weighted by atomic mass is 32.2. The summed E-state index contributed by atoms with van der Waals surface area (Å²) in [6, 6.07) is 3.39. The van der Waals surface area contributed by atoms with Crippen LogP contribution in [-0.4, -0.2) is 119 Å². The van der Waals surface area contributed by atoms with E-state index in [0.29, 0.717) is 18.2 Å². The van der Waals surface area contributed by atoms with Gasteiger partial charge in [0.2, 0.25) is 0 Å². The van der Waals surface area contributed by atoms with Crippen LogP contribution in [0.5, 0.6) is 0 Å². The molecule has 15 heteroatoms. The van der Waals surface area contributed by atoms with Gasteiger partial charge >= 0.3 is 0 Å². The standard InChI is InChI=1S/C10H8O9S3.3C4H12P/c11-20(12,13)7-1-2-9-6(3-7)4-8(21(14,15)16)5-10(9)22(17,18)19;3*1-5(2,3)4/h1-5H,(H,11,12,13)(H,14,15,16)(H,17,18,19);3*1-4H3/q;3*+1/p-3. The number of hydrogen-bond acceptors (Lipinski definition) is 9. The molecule has 0 aliphatic carbocycles. The van der Waals surface area contributed by atoms with Crippen LogP contribution < -0.4 is 0 Å². The molecule has 0 aliphatic rings. The smallest absolute Gasteiger partial charge is 0.125 e. The van der Waals surface area contributed by atoms with Crippen LogP contribution in [0, 0.1) is 0 Å². The molecule has 0 bridgehead atoms. The Kier molecular flexibility index (Phi) is 14.6. The maximum atomic E-state index is 11.2. The van der Waals surface area contributed by atoms with Crippen LogP contribution in [0.4, 0.5) is 0 Å². The first-order chi connectivity index (χ1) is 15.8. The van der Waals surface area contributed by atoms with E-state index in [1.165, 1.54) is 0 Å². The van der Waals surface area contributed by atoms with Crippen LogP contribution in [-0.2, 0) is 30.4 Å². The average Bonchev–Trinajstić information content (AvgIpc) is 2.53. The third kappa shape index (κ3) is 22.3. The van der Waals surface area contributed by atoms with E-state index >= 15 is 0 Å². The number of hydrogen-bond donors (Lipinski definition) is 0. The van der Waals surface area contributed by atoms with Gasteiger partial charge in [-0.2, -0.15) is 0 Å². The second kappa shape index (κ2) is 13.9. The first-order valence-corrected chi connectivity index (χ1v) is 25.6. The van der Waals surface area contributed by atoms with Gasteiger partial charge in [0.05, 0.1) is 14.7 Å². The lowest BCUT2D eigenvalue weighted by Crippen LogP contribution is -2.05. The predicted molar refractivity (Wildman–Crippen MR) is 160 cm³/mol. The monoisotopic (exact) mass is 638 g/mol. The minimum Gasteiger partial charge on any atom is -0.744 e. The summed E-state index contributed by atoms with van der Waals surface area (Å²) in [7, 11) is -16.3. The van der Waals surface area contributed by atoms with E-state index < -0.39 is 45.0 Å². The fourth-order valence-corrected chi connectivity index (χ4v) is 3.63. The van der Waals surface area contributed by atoms with Gasteiger partial charge < -0.3 is 13.7 Å².